The number of nitrogens with one attached hydrogen (secondary N) is 3. The molecule has 10 heteroatoms. The minimum absolute atomic E-state index is 0.106. The van der Waals surface area contributed by atoms with Gasteiger partial charge in [-0.1, -0.05) is 6.07 Å². The number of likely N-dealkylation sites (N-methyl/N-ethyl adjacent to an activating group) is 1. The third-order valence-electron chi connectivity index (χ3n) is 4.03. The Morgan fingerprint density at radius 1 is 0.966 bits per heavy atom. The molecule has 0 saturated heterocycles. The van der Waals surface area contributed by atoms with Crippen LogP contribution < -0.4 is 15.4 Å². The SMILES string of the molecule is Cc1ccc(Nc2c(NS(=O)(=O)CCNCCN(C)C)ccc(F)c2F)c(F)c1. The largest absolute Gasteiger partial charge is 0.349 e. The lowest BCUT2D eigenvalue weighted by Crippen LogP contribution is -2.31. The van der Waals surface area contributed by atoms with E-state index < -0.39 is 33.2 Å². The quantitative estimate of drug-likeness (QED) is 0.506. The van der Waals surface area contributed by atoms with Crippen molar-refractivity contribution in [3.63, 3.8) is 0 Å². The van der Waals surface area contributed by atoms with Crippen LogP contribution >= 0.6 is 0 Å². The molecule has 2 rings (SSSR count). The Morgan fingerprint density at radius 2 is 1.66 bits per heavy atom. The fraction of sp³-hybridized carbons (Fsp3) is 0.368. The van der Waals surface area contributed by atoms with Gasteiger partial charge < -0.3 is 15.5 Å². The molecule has 0 saturated carbocycles. The summed E-state index contributed by atoms with van der Waals surface area (Å²) in [4.78, 5) is 1.95. The van der Waals surface area contributed by atoms with Crippen LogP contribution in [0.1, 0.15) is 5.56 Å². The van der Waals surface area contributed by atoms with E-state index in [1.54, 1.807) is 13.0 Å². The lowest BCUT2D eigenvalue weighted by atomic mass is 10.2. The first-order valence-corrected chi connectivity index (χ1v) is 10.6. The molecule has 0 atom stereocenters. The molecule has 160 valence electrons. The summed E-state index contributed by atoms with van der Waals surface area (Å²) in [5, 5.41) is 5.44. The lowest BCUT2D eigenvalue weighted by Gasteiger charge is -2.16. The van der Waals surface area contributed by atoms with Crippen LogP contribution in [0.2, 0.25) is 0 Å². The highest BCUT2D eigenvalue weighted by molar-refractivity contribution is 7.92. The Bertz CT molecular complexity index is 953. The molecular formula is C19H25F3N4O2S. The van der Waals surface area contributed by atoms with Crippen LogP contribution in [0.5, 0.6) is 0 Å². The van der Waals surface area contributed by atoms with Crippen molar-refractivity contribution >= 4 is 27.1 Å². The number of anilines is 3. The van der Waals surface area contributed by atoms with Crippen LogP contribution in [-0.2, 0) is 10.0 Å². The molecule has 0 radical (unpaired) electrons. The molecule has 3 N–H and O–H groups in total. The summed E-state index contributed by atoms with van der Waals surface area (Å²) >= 11 is 0. The van der Waals surface area contributed by atoms with Crippen molar-refractivity contribution in [1.82, 2.24) is 10.2 Å². The maximum absolute atomic E-state index is 14.4. The first-order valence-electron chi connectivity index (χ1n) is 8.96. The molecular weight excluding hydrogens is 405 g/mol. The fourth-order valence-electron chi connectivity index (χ4n) is 2.47. The zero-order chi connectivity index (χ0) is 21.6. The number of halogens is 3. The van der Waals surface area contributed by atoms with E-state index in [1.807, 2.05) is 19.0 Å². The van der Waals surface area contributed by atoms with E-state index in [-0.39, 0.29) is 23.7 Å². The molecule has 0 amide bonds. The monoisotopic (exact) mass is 430 g/mol. The topological polar surface area (TPSA) is 73.5 Å². The second-order valence-electron chi connectivity index (χ2n) is 6.87. The van der Waals surface area contributed by atoms with E-state index >= 15 is 0 Å². The number of sulfonamides is 1. The summed E-state index contributed by atoms with van der Waals surface area (Å²) in [5.74, 6) is -3.44. The van der Waals surface area contributed by atoms with Crippen molar-refractivity contribution in [2.24, 2.45) is 0 Å². The highest BCUT2D eigenvalue weighted by Gasteiger charge is 2.19. The molecule has 2 aromatic carbocycles. The van der Waals surface area contributed by atoms with Crippen molar-refractivity contribution in [3.8, 4) is 0 Å². The normalized spacial score (nSPS) is 11.7. The van der Waals surface area contributed by atoms with E-state index in [4.69, 9.17) is 0 Å². The van der Waals surface area contributed by atoms with E-state index in [2.05, 4.69) is 15.4 Å². The first-order chi connectivity index (χ1) is 13.6. The van der Waals surface area contributed by atoms with Crippen LogP contribution in [0.4, 0.5) is 30.2 Å². The number of hydrogen-bond acceptors (Lipinski definition) is 5. The summed E-state index contributed by atoms with van der Waals surface area (Å²) in [7, 11) is -0.0510. The van der Waals surface area contributed by atoms with Crippen LogP contribution in [0, 0.1) is 24.4 Å². The average Bonchev–Trinajstić information content (AvgIpc) is 2.62. The van der Waals surface area contributed by atoms with Gasteiger partial charge in [0.15, 0.2) is 11.6 Å². The van der Waals surface area contributed by atoms with Crippen molar-refractivity contribution in [3.05, 3.63) is 53.3 Å². The molecule has 0 spiro atoms. The summed E-state index contributed by atoms with van der Waals surface area (Å²) < 4.78 is 69.1. The summed E-state index contributed by atoms with van der Waals surface area (Å²) in [6, 6.07) is 6.07. The second-order valence-corrected chi connectivity index (χ2v) is 8.71. The Hall–Kier alpha value is -2.30. The lowest BCUT2D eigenvalue weighted by molar-refractivity contribution is 0.402. The van der Waals surface area contributed by atoms with Crippen molar-refractivity contribution < 1.29 is 21.6 Å². The molecule has 0 bridgehead atoms. The molecule has 0 fully saturated rings. The predicted octanol–water partition coefficient (Wildman–Crippen LogP) is 3.05. The van der Waals surface area contributed by atoms with Gasteiger partial charge in [-0.3, -0.25) is 4.72 Å². The van der Waals surface area contributed by atoms with Crippen LogP contribution in [0.25, 0.3) is 0 Å². The Kier molecular flexibility index (Phi) is 7.88. The smallest absolute Gasteiger partial charge is 0.234 e. The number of nitrogens with zero attached hydrogens (tertiary/aromatic N) is 1. The molecule has 0 aliphatic carbocycles. The van der Waals surface area contributed by atoms with Crippen LogP contribution in [0.3, 0.4) is 0 Å². The summed E-state index contributed by atoms with van der Waals surface area (Å²) in [5.41, 5.74) is -0.157. The van der Waals surface area contributed by atoms with E-state index in [0.717, 1.165) is 18.7 Å². The highest BCUT2D eigenvalue weighted by atomic mass is 32.2. The van der Waals surface area contributed by atoms with Gasteiger partial charge in [0, 0.05) is 19.6 Å². The zero-order valence-corrected chi connectivity index (χ0v) is 17.3. The Morgan fingerprint density at radius 3 is 2.31 bits per heavy atom. The van der Waals surface area contributed by atoms with Crippen LogP contribution in [0.15, 0.2) is 30.3 Å². The minimum atomic E-state index is -3.85. The molecule has 29 heavy (non-hydrogen) atoms. The molecule has 0 heterocycles. The van der Waals surface area contributed by atoms with Crippen molar-refractivity contribution in [2.75, 3.05) is 49.5 Å². The van der Waals surface area contributed by atoms with Gasteiger partial charge in [-0.05, 0) is 50.8 Å². The van der Waals surface area contributed by atoms with Gasteiger partial charge in [0.2, 0.25) is 10.0 Å². The molecule has 0 unspecified atom stereocenters. The standard InChI is InChI=1S/C19H25F3N4O2S/c1-13-4-6-16(15(21)12-13)24-19-17(7-5-14(20)18(19)22)25-29(27,28)11-9-23-8-10-26(2)3/h4-7,12,23-25H,8-11H2,1-3H3. The summed E-state index contributed by atoms with van der Waals surface area (Å²) in [6.07, 6.45) is 0. The number of aryl methyl sites for hydroxylation is 1. The van der Waals surface area contributed by atoms with Gasteiger partial charge in [0.25, 0.3) is 0 Å². The van der Waals surface area contributed by atoms with E-state index in [0.29, 0.717) is 12.1 Å². The van der Waals surface area contributed by atoms with Crippen LogP contribution in [-0.4, -0.2) is 52.8 Å². The second kappa shape index (κ2) is 9.95. The fourth-order valence-corrected chi connectivity index (χ4v) is 3.49. The van der Waals surface area contributed by atoms with E-state index in [1.165, 1.54) is 12.1 Å². The van der Waals surface area contributed by atoms with Gasteiger partial charge in [-0.15, -0.1) is 0 Å². The Labute approximate surface area is 169 Å². The third-order valence-corrected chi connectivity index (χ3v) is 5.30. The van der Waals surface area contributed by atoms with Crippen molar-refractivity contribution in [2.45, 2.75) is 6.92 Å². The molecule has 2 aromatic rings. The highest BCUT2D eigenvalue weighted by Crippen LogP contribution is 2.32. The number of rotatable bonds is 10. The number of benzene rings is 2. The molecule has 0 aliphatic rings. The molecule has 0 aliphatic heterocycles. The third kappa shape index (κ3) is 6.91. The van der Waals surface area contributed by atoms with Gasteiger partial charge in [-0.2, -0.15) is 0 Å². The predicted molar refractivity (Wildman–Crippen MR) is 110 cm³/mol. The maximum atomic E-state index is 14.4. The Balaban J connectivity index is 2.17. The molecule has 0 aromatic heterocycles. The van der Waals surface area contributed by atoms with Crippen molar-refractivity contribution in [1.29, 1.82) is 0 Å². The maximum Gasteiger partial charge on any atom is 0.234 e. The summed E-state index contributed by atoms with van der Waals surface area (Å²) in [6.45, 7) is 3.21. The van der Waals surface area contributed by atoms with Gasteiger partial charge in [0.05, 0.1) is 17.1 Å². The van der Waals surface area contributed by atoms with Gasteiger partial charge in [0.1, 0.15) is 11.5 Å². The van der Waals surface area contributed by atoms with Gasteiger partial charge in [-0.25, -0.2) is 21.6 Å². The first kappa shape index (κ1) is 23.0. The zero-order valence-electron chi connectivity index (χ0n) is 16.5. The van der Waals surface area contributed by atoms with E-state index in [9.17, 15) is 21.6 Å². The average molecular weight is 430 g/mol. The molecule has 6 nitrogen and oxygen atoms in total. The van der Waals surface area contributed by atoms with Gasteiger partial charge >= 0.3 is 0 Å². The minimum Gasteiger partial charge on any atom is -0.349 e. The number of hydrogen-bond donors (Lipinski definition) is 3.